The highest BCUT2D eigenvalue weighted by Crippen LogP contribution is 2.29. The first-order chi connectivity index (χ1) is 8.74. The summed E-state index contributed by atoms with van der Waals surface area (Å²) in [4.78, 5) is 22.8. The molecule has 4 heteroatoms. The molecule has 1 aromatic carbocycles. The smallest absolute Gasteiger partial charge is 0.230 e. The van der Waals surface area contributed by atoms with Gasteiger partial charge in [0, 0.05) is 17.0 Å². The maximum absolute atomic E-state index is 11.7. The molecule has 1 aliphatic rings. The number of thiophene rings is 1. The molecule has 0 bridgehead atoms. The largest absolute Gasteiger partial charge is 0.296 e. The molecular weight excluding hydrogens is 246 g/mol. The van der Waals surface area contributed by atoms with Crippen molar-refractivity contribution >= 4 is 33.2 Å². The van der Waals surface area contributed by atoms with E-state index in [2.05, 4.69) is 22.8 Å². The zero-order valence-electron chi connectivity index (χ0n) is 9.81. The van der Waals surface area contributed by atoms with E-state index in [1.54, 1.807) is 11.3 Å². The molecule has 0 radical (unpaired) electrons. The van der Waals surface area contributed by atoms with Gasteiger partial charge in [-0.05, 0) is 35.2 Å². The van der Waals surface area contributed by atoms with Crippen molar-refractivity contribution in [1.29, 1.82) is 0 Å². The van der Waals surface area contributed by atoms with E-state index in [4.69, 9.17) is 0 Å². The van der Waals surface area contributed by atoms with Gasteiger partial charge in [-0.3, -0.25) is 14.9 Å². The highest BCUT2D eigenvalue weighted by Gasteiger charge is 2.27. The summed E-state index contributed by atoms with van der Waals surface area (Å²) in [6.45, 7) is 0. The maximum atomic E-state index is 11.7. The molecule has 1 saturated heterocycles. The van der Waals surface area contributed by atoms with Crippen molar-refractivity contribution < 1.29 is 9.59 Å². The van der Waals surface area contributed by atoms with E-state index in [9.17, 15) is 9.59 Å². The number of hydrogen-bond donors (Lipinski definition) is 1. The molecule has 1 aliphatic heterocycles. The minimum atomic E-state index is -0.147. The number of fused-ring (bicyclic) bond motifs is 1. The van der Waals surface area contributed by atoms with Crippen LogP contribution in [0.15, 0.2) is 29.6 Å². The fourth-order valence-electron chi connectivity index (χ4n) is 2.39. The van der Waals surface area contributed by atoms with Crippen LogP contribution in [0.1, 0.15) is 18.4 Å². The lowest BCUT2D eigenvalue weighted by Gasteiger charge is -2.20. The molecule has 1 atom stereocenters. The van der Waals surface area contributed by atoms with Crippen LogP contribution in [0.4, 0.5) is 0 Å². The van der Waals surface area contributed by atoms with Gasteiger partial charge in [-0.2, -0.15) is 0 Å². The summed E-state index contributed by atoms with van der Waals surface area (Å²) >= 11 is 1.71. The Morgan fingerprint density at radius 2 is 2.11 bits per heavy atom. The maximum Gasteiger partial charge on any atom is 0.230 e. The molecule has 2 aromatic rings. The molecule has 1 N–H and O–H groups in total. The van der Waals surface area contributed by atoms with Gasteiger partial charge in [0.25, 0.3) is 0 Å². The van der Waals surface area contributed by atoms with Crippen molar-refractivity contribution in [3.8, 4) is 0 Å². The lowest BCUT2D eigenvalue weighted by Crippen LogP contribution is -2.41. The second-order valence-electron chi connectivity index (χ2n) is 4.61. The Labute approximate surface area is 109 Å². The molecule has 2 amide bonds. The molecule has 3 rings (SSSR count). The number of imide groups is 1. The molecule has 3 nitrogen and oxygen atoms in total. The van der Waals surface area contributed by atoms with Crippen LogP contribution in [0.2, 0.25) is 0 Å². The summed E-state index contributed by atoms with van der Waals surface area (Å²) in [5.41, 5.74) is 1.21. The normalized spacial score (nSPS) is 20.1. The lowest BCUT2D eigenvalue weighted by atomic mass is 9.91. The van der Waals surface area contributed by atoms with E-state index in [0.717, 1.165) is 6.42 Å². The van der Waals surface area contributed by atoms with E-state index in [0.29, 0.717) is 12.8 Å². The molecule has 0 aliphatic carbocycles. The number of nitrogens with one attached hydrogen (secondary N) is 1. The minimum absolute atomic E-state index is 0.0688. The Kier molecular flexibility index (Phi) is 2.88. The number of hydrogen-bond acceptors (Lipinski definition) is 3. The second-order valence-corrected chi connectivity index (χ2v) is 5.52. The first kappa shape index (κ1) is 11.4. The highest BCUT2D eigenvalue weighted by molar-refractivity contribution is 7.17. The molecular formula is C14H13NO2S. The summed E-state index contributed by atoms with van der Waals surface area (Å²) in [6.07, 6.45) is 1.84. The Morgan fingerprint density at radius 3 is 2.94 bits per heavy atom. The predicted octanol–water partition coefficient (Wildman–Crippen LogP) is 2.50. The topological polar surface area (TPSA) is 46.2 Å². The summed E-state index contributed by atoms with van der Waals surface area (Å²) in [5.74, 6) is -0.339. The van der Waals surface area contributed by atoms with Crippen molar-refractivity contribution in [2.45, 2.75) is 19.3 Å². The first-order valence-electron chi connectivity index (χ1n) is 6.03. The number of benzene rings is 1. The summed E-state index contributed by atoms with van der Waals surface area (Å²) < 4.78 is 1.25. The number of amides is 2. The molecule has 1 unspecified atom stereocenters. The second kappa shape index (κ2) is 4.53. The van der Waals surface area contributed by atoms with Gasteiger partial charge in [-0.1, -0.05) is 18.2 Å². The average molecular weight is 259 g/mol. The molecule has 1 aromatic heterocycles. The quantitative estimate of drug-likeness (QED) is 0.842. The zero-order valence-corrected chi connectivity index (χ0v) is 10.6. The summed E-state index contributed by atoms with van der Waals surface area (Å²) in [6, 6.07) is 8.22. The highest BCUT2D eigenvalue weighted by atomic mass is 32.1. The third-order valence-electron chi connectivity index (χ3n) is 3.38. The summed E-state index contributed by atoms with van der Waals surface area (Å²) in [5, 5.41) is 5.76. The van der Waals surface area contributed by atoms with Crippen LogP contribution in [0.3, 0.4) is 0 Å². The Morgan fingerprint density at radius 1 is 1.28 bits per heavy atom. The van der Waals surface area contributed by atoms with Gasteiger partial charge < -0.3 is 0 Å². The van der Waals surface area contributed by atoms with Crippen molar-refractivity contribution in [1.82, 2.24) is 5.32 Å². The Hall–Kier alpha value is -1.68. The van der Waals surface area contributed by atoms with E-state index in [1.807, 2.05) is 12.1 Å². The van der Waals surface area contributed by atoms with E-state index >= 15 is 0 Å². The minimum Gasteiger partial charge on any atom is -0.296 e. The summed E-state index contributed by atoms with van der Waals surface area (Å²) in [7, 11) is 0. The van der Waals surface area contributed by atoms with Crippen LogP contribution in [-0.4, -0.2) is 11.8 Å². The fourth-order valence-corrected chi connectivity index (χ4v) is 3.37. The molecule has 92 valence electrons. The lowest BCUT2D eigenvalue weighted by molar-refractivity contribution is -0.136. The van der Waals surface area contributed by atoms with Crippen molar-refractivity contribution in [3.05, 3.63) is 35.2 Å². The van der Waals surface area contributed by atoms with Crippen molar-refractivity contribution in [3.63, 3.8) is 0 Å². The van der Waals surface area contributed by atoms with Crippen LogP contribution < -0.4 is 5.32 Å². The van der Waals surface area contributed by atoms with Crippen LogP contribution in [-0.2, 0) is 16.0 Å². The van der Waals surface area contributed by atoms with Crippen molar-refractivity contribution in [2.24, 2.45) is 5.92 Å². The van der Waals surface area contributed by atoms with Crippen LogP contribution in [0.5, 0.6) is 0 Å². The monoisotopic (exact) mass is 259 g/mol. The number of piperidine rings is 1. The van der Waals surface area contributed by atoms with Crippen LogP contribution in [0.25, 0.3) is 10.1 Å². The SMILES string of the molecule is O=C1CCC(Cc2csc3ccccc23)C(=O)N1. The average Bonchev–Trinajstić information content (AvgIpc) is 2.76. The van der Waals surface area contributed by atoms with Gasteiger partial charge in [-0.25, -0.2) is 0 Å². The van der Waals surface area contributed by atoms with Gasteiger partial charge in [0.15, 0.2) is 0 Å². The van der Waals surface area contributed by atoms with E-state index in [-0.39, 0.29) is 17.7 Å². The number of carbonyl (C=O) groups is 2. The van der Waals surface area contributed by atoms with Gasteiger partial charge in [0.1, 0.15) is 0 Å². The zero-order chi connectivity index (χ0) is 12.5. The fraction of sp³-hybridized carbons (Fsp3) is 0.286. The Balaban J connectivity index is 1.84. The molecule has 1 fully saturated rings. The number of rotatable bonds is 2. The molecule has 0 saturated carbocycles. The third-order valence-corrected chi connectivity index (χ3v) is 4.39. The van der Waals surface area contributed by atoms with Crippen molar-refractivity contribution in [2.75, 3.05) is 0 Å². The van der Waals surface area contributed by atoms with Gasteiger partial charge >= 0.3 is 0 Å². The molecule has 18 heavy (non-hydrogen) atoms. The van der Waals surface area contributed by atoms with E-state index in [1.165, 1.54) is 15.6 Å². The molecule has 0 spiro atoms. The number of carbonyl (C=O) groups excluding carboxylic acids is 2. The van der Waals surface area contributed by atoms with Gasteiger partial charge in [-0.15, -0.1) is 11.3 Å². The standard InChI is InChI=1S/C14H13NO2S/c16-13-6-5-9(14(17)15-13)7-10-8-18-12-4-2-1-3-11(10)12/h1-4,8-9H,5-7H2,(H,15,16,17). The third kappa shape index (κ3) is 2.04. The van der Waals surface area contributed by atoms with Crippen LogP contribution >= 0.6 is 11.3 Å². The Bertz CT molecular complexity index is 617. The first-order valence-corrected chi connectivity index (χ1v) is 6.91. The van der Waals surface area contributed by atoms with E-state index < -0.39 is 0 Å². The van der Waals surface area contributed by atoms with Gasteiger partial charge in [0.05, 0.1) is 0 Å². The van der Waals surface area contributed by atoms with Crippen LogP contribution in [0, 0.1) is 5.92 Å². The molecule has 2 heterocycles. The van der Waals surface area contributed by atoms with Gasteiger partial charge in [0.2, 0.25) is 11.8 Å². The predicted molar refractivity (Wildman–Crippen MR) is 71.4 cm³/mol.